The molecule has 1 rings (SSSR count). The van der Waals surface area contributed by atoms with Crippen molar-refractivity contribution < 1.29 is 24.2 Å². The van der Waals surface area contributed by atoms with Gasteiger partial charge in [-0.15, -0.1) is 0 Å². The first kappa shape index (κ1) is 17.4. The molecule has 0 bridgehead atoms. The second kappa shape index (κ2) is 6.89. The first-order chi connectivity index (χ1) is 9.74. The van der Waals surface area contributed by atoms with Crippen LogP contribution in [-0.4, -0.2) is 60.6 Å². The lowest BCUT2D eigenvalue weighted by atomic mass is 9.76. The van der Waals surface area contributed by atoms with E-state index in [4.69, 9.17) is 4.74 Å². The van der Waals surface area contributed by atoms with Crippen molar-refractivity contribution >= 4 is 17.8 Å². The van der Waals surface area contributed by atoms with E-state index >= 15 is 0 Å². The third-order valence-electron chi connectivity index (χ3n) is 4.28. The second-order valence-corrected chi connectivity index (χ2v) is 5.85. The van der Waals surface area contributed by atoms with Crippen molar-refractivity contribution in [2.24, 2.45) is 11.3 Å². The van der Waals surface area contributed by atoms with Gasteiger partial charge in [0, 0.05) is 20.0 Å². The van der Waals surface area contributed by atoms with Crippen LogP contribution in [0.4, 0.5) is 0 Å². The van der Waals surface area contributed by atoms with E-state index in [0.29, 0.717) is 13.2 Å². The van der Waals surface area contributed by atoms with E-state index < -0.39 is 17.4 Å². The van der Waals surface area contributed by atoms with Gasteiger partial charge in [-0.25, -0.2) is 0 Å². The molecule has 120 valence electrons. The molecule has 1 aliphatic rings. The highest BCUT2D eigenvalue weighted by Gasteiger charge is 2.42. The Kier molecular flexibility index (Phi) is 5.71. The third-order valence-corrected chi connectivity index (χ3v) is 4.28. The summed E-state index contributed by atoms with van der Waals surface area (Å²) in [4.78, 5) is 37.2. The Labute approximate surface area is 124 Å². The van der Waals surface area contributed by atoms with E-state index in [1.54, 1.807) is 20.8 Å². The van der Waals surface area contributed by atoms with E-state index in [2.05, 4.69) is 5.32 Å². The van der Waals surface area contributed by atoms with Crippen LogP contribution in [0.1, 0.15) is 27.2 Å². The number of carboxylic acids is 1. The van der Waals surface area contributed by atoms with Gasteiger partial charge < -0.3 is 20.1 Å². The summed E-state index contributed by atoms with van der Waals surface area (Å²) in [5, 5.41) is 11.9. The molecule has 21 heavy (non-hydrogen) atoms. The molecule has 2 atom stereocenters. The fraction of sp³-hybridized carbons (Fsp3) is 0.786. The molecule has 0 saturated carbocycles. The summed E-state index contributed by atoms with van der Waals surface area (Å²) in [5.41, 5.74) is -1.15. The van der Waals surface area contributed by atoms with Crippen molar-refractivity contribution in [2.45, 2.75) is 33.2 Å². The lowest BCUT2D eigenvalue weighted by Gasteiger charge is -2.37. The number of morpholine rings is 1. The van der Waals surface area contributed by atoms with Crippen LogP contribution in [0.25, 0.3) is 0 Å². The molecule has 1 heterocycles. The van der Waals surface area contributed by atoms with Gasteiger partial charge in [0.2, 0.25) is 11.8 Å². The van der Waals surface area contributed by atoms with Gasteiger partial charge in [0.15, 0.2) is 0 Å². The smallest absolute Gasteiger partial charge is 0.310 e. The number of hydrogen-bond acceptors (Lipinski definition) is 4. The topological polar surface area (TPSA) is 95.9 Å². The number of carbonyl (C=O) groups excluding carboxylic acids is 2. The monoisotopic (exact) mass is 300 g/mol. The van der Waals surface area contributed by atoms with Crippen molar-refractivity contribution in [1.82, 2.24) is 10.2 Å². The molecule has 0 spiro atoms. The fourth-order valence-electron chi connectivity index (χ4n) is 2.23. The first-order valence-corrected chi connectivity index (χ1v) is 7.06. The zero-order valence-electron chi connectivity index (χ0n) is 13.0. The summed E-state index contributed by atoms with van der Waals surface area (Å²) >= 11 is 0. The lowest BCUT2D eigenvalue weighted by molar-refractivity contribution is -0.159. The van der Waals surface area contributed by atoms with Gasteiger partial charge in [0.1, 0.15) is 6.04 Å². The number of aliphatic carboxylic acids is 1. The molecule has 7 heteroatoms. The Balaban J connectivity index is 2.89. The van der Waals surface area contributed by atoms with Crippen LogP contribution in [0, 0.1) is 11.3 Å². The predicted octanol–water partition coefficient (Wildman–Crippen LogP) is 0.0968. The summed E-state index contributed by atoms with van der Waals surface area (Å²) in [6.07, 6.45) is -0.131. The molecule has 2 unspecified atom stereocenters. The Hall–Kier alpha value is -1.63. The number of hydrogen-bond donors (Lipinski definition) is 2. The second-order valence-electron chi connectivity index (χ2n) is 5.85. The molecule has 0 radical (unpaired) electrons. The molecule has 0 aromatic heterocycles. The van der Waals surface area contributed by atoms with Gasteiger partial charge in [-0.2, -0.15) is 0 Å². The van der Waals surface area contributed by atoms with Crippen LogP contribution >= 0.6 is 0 Å². The molecule has 0 aromatic rings. The highest BCUT2D eigenvalue weighted by atomic mass is 16.5. The lowest BCUT2D eigenvalue weighted by Crippen LogP contribution is -2.56. The van der Waals surface area contributed by atoms with Crippen LogP contribution in [-0.2, 0) is 19.1 Å². The summed E-state index contributed by atoms with van der Waals surface area (Å²) < 4.78 is 5.24. The van der Waals surface area contributed by atoms with Gasteiger partial charge in [-0.3, -0.25) is 14.4 Å². The predicted molar refractivity (Wildman–Crippen MR) is 75.6 cm³/mol. The van der Waals surface area contributed by atoms with E-state index in [9.17, 15) is 19.5 Å². The Morgan fingerprint density at radius 1 is 1.43 bits per heavy atom. The molecular weight excluding hydrogens is 276 g/mol. The normalized spacial score (nSPS) is 21.8. The van der Waals surface area contributed by atoms with Crippen molar-refractivity contribution in [3.63, 3.8) is 0 Å². The van der Waals surface area contributed by atoms with Gasteiger partial charge in [-0.1, -0.05) is 13.8 Å². The van der Waals surface area contributed by atoms with Crippen molar-refractivity contribution in [2.75, 3.05) is 26.8 Å². The van der Waals surface area contributed by atoms with Gasteiger partial charge in [0.25, 0.3) is 0 Å². The molecule has 0 aliphatic carbocycles. The number of carboxylic acid groups (broad SMARTS) is 1. The minimum atomic E-state index is -1.15. The Morgan fingerprint density at radius 2 is 2.05 bits per heavy atom. The fourth-order valence-corrected chi connectivity index (χ4v) is 2.23. The summed E-state index contributed by atoms with van der Waals surface area (Å²) in [6, 6.07) is -0.693. The minimum Gasteiger partial charge on any atom is -0.481 e. The van der Waals surface area contributed by atoms with Crippen molar-refractivity contribution in [3.8, 4) is 0 Å². The summed E-state index contributed by atoms with van der Waals surface area (Å²) in [7, 11) is 1.50. The number of carbonyl (C=O) groups is 3. The van der Waals surface area contributed by atoms with Crippen molar-refractivity contribution in [1.29, 1.82) is 0 Å². The molecule has 1 saturated heterocycles. The Morgan fingerprint density at radius 3 is 2.52 bits per heavy atom. The molecule has 1 fully saturated rings. The third kappa shape index (κ3) is 3.72. The summed E-state index contributed by atoms with van der Waals surface area (Å²) in [5.74, 6) is -1.83. The first-order valence-electron chi connectivity index (χ1n) is 7.06. The quantitative estimate of drug-likeness (QED) is 0.750. The maximum Gasteiger partial charge on any atom is 0.310 e. The number of ether oxygens (including phenoxy) is 1. The molecule has 7 nitrogen and oxygen atoms in total. The number of likely N-dealkylation sites (N-methyl/N-ethyl adjacent to an activating group) is 1. The molecule has 2 amide bonds. The van der Waals surface area contributed by atoms with E-state index in [-0.39, 0.29) is 30.8 Å². The maximum absolute atomic E-state index is 12.5. The zero-order chi connectivity index (χ0) is 16.2. The molecule has 0 aromatic carbocycles. The van der Waals surface area contributed by atoms with Crippen LogP contribution < -0.4 is 5.32 Å². The van der Waals surface area contributed by atoms with Crippen LogP contribution in [0.5, 0.6) is 0 Å². The minimum absolute atomic E-state index is 0.131. The largest absolute Gasteiger partial charge is 0.481 e. The molecular formula is C14H24N2O5. The van der Waals surface area contributed by atoms with Crippen LogP contribution in [0.3, 0.4) is 0 Å². The van der Waals surface area contributed by atoms with E-state index in [1.165, 1.54) is 11.9 Å². The maximum atomic E-state index is 12.5. The summed E-state index contributed by atoms with van der Waals surface area (Å²) in [6.45, 7) is 5.90. The number of rotatable bonds is 5. The number of nitrogens with one attached hydrogen (secondary N) is 1. The van der Waals surface area contributed by atoms with E-state index in [1.807, 2.05) is 0 Å². The van der Waals surface area contributed by atoms with Crippen LogP contribution in [0.2, 0.25) is 0 Å². The van der Waals surface area contributed by atoms with Gasteiger partial charge in [-0.05, 0) is 12.8 Å². The number of nitrogens with zero attached hydrogens (tertiary/aromatic N) is 1. The van der Waals surface area contributed by atoms with Crippen molar-refractivity contribution in [3.05, 3.63) is 0 Å². The standard InChI is InChI=1S/C14H24N2O5/c1-9(2)14(3,13(19)20)7-11(17)16-5-6-21-8-10(16)12(18)15-4/h9-10H,5-8H2,1-4H3,(H,15,18)(H,19,20). The SMILES string of the molecule is CNC(=O)C1COCCN1C(=O)CC(C)(C(=O)O)C(C)C. The highest BCUT2D eigenvalue weighted by molar-refractivity contribution is 5.90. The van der Waals surface area contributed by atoms with Gasteiger partial charge in [0.05, 0.1) is 18.6 Å². The molecule has 2 N–H and O–H groups in total. The average Bonchev–Trinajstić information content (AvgIpc) is 2.45. The number of amides is 2. The van der Waals surface area contributed by atoms with Gasteiger partial charge >= 0.3 is 5.97 Å². The van der Waals surface area contributed by atoms with E-state index in [0.717, 1.165) is 0 Å². The zero-order valence-corrected chi connectivity index (χ0v) is 13.0. The van der Waals surface area contributed by atoms with Crippen LogP contribution in [0.15, 0.2) is 0 Å². The molecule has 1 aliphatic heterocycles. The highest BCUT2D eigenvalue weighted by Crippen LogP contribution is 2.32. The Bertz CT molecular complexity index is 424. The average molecular weight is 300 g/mol.